The first-order valence-electron chi connectivity index (χ1n) is 8.11. The summed E-state index contributed by atoms with van der Waals surface area (Å²) in [5.74, 6) is -0.207. The van der Waals surface area contributed by atoms with Gasteiger partial charge in [-0.3, -0.25) is 19.3 Å². The van der Waals surface area contributed by atoms with Gasteiger partial charge in [-0.25, -0.2) is 0 Å². The first-order valence-corrected chi connectivity index (χ1v) is 9.48. The Morgan fingerprint density at radius 3 is 2.62 bits per heavy atom. The van der Waals surface area contributed by atoms with E-state index in [2.05, 4.69) is 5.32 Å². The van der Waals surface area contributed by atoms with Crippen molar-refractivity contribution in [3.63, 3.8) is 0 Å². The molecular weight excluding hydrogens is 372 g/mol. The van der Waals surface area contributed by atoms with Crippen molar-refractivity contribution >= 4 is 40.4 Å². The molecule has 134 valence electrons. The second-order valence-electron chi connectivity index (χ2n) is 5.87. The van der Waals surface area contributed by atoms with Crippen LogP contribution in [0.2, 0.25) is 5.02 Å². The predicted molar refractivity (Wildman–Crippen MR) is 102 cm³/mol. The van der Waals surface area contributed by atoms with E-state index in [-0.39, 0.29) is 29.4 Å². The minimum Gasteiger partial charge on any atom is -0.352 e. The maximum Gasteiger partial charge on any atom is 0.289 e. The Balaban J connectivity index is 1.57. The third-order valence-corrected chi connectivity index (χ3v) is 5.05. The number of hydrogen-bond acceptors (Lipinski definition) is 4. The predicted octanol–water partition coefficient (Wildman–Crippen LogP) is 3.51. The number of carbonyl (C=O) groups is 3. The van der Waals surface area contributed by atoms with Crippen molar-refractivity contribution < 1.29 is 14.4 Å². The van der Waals surface area contributed by atoms with Gasteiger partial charge in [0.15, 0.2) is 0 Å². The zero-order valence-corrected chi connectivity index (χ0v) is 15.5. The van der Waals surface area contributed by atoms with Crippen LogP contribution in [-0.4, -0.2) is 34.3 Å². The van der Waals surface area contributed by atoms with Gasteiger partial charge >= 0.3 is 0 Å². The number of halogens is 1. The largest absolute Gasteiger partial charge is 0.352 e. The van der Waals surface area contributed by atoms with Gasteiger partial charge in [0, 0.05) is 17.1 Å². The number of thioether (sulfide) groups is 1. The van der Waals surface area contributed by atoms with E-state index in [4.69, 9.17) is 11.6 Å². The summed E-state index contributed by atoms with van der Waals surface area (Å²) >= 11 is 6.95. The Bertz CT molecular complexity index is 840. The number of carbonyl (C=O) groups excluding carboxylic acids is 3. The fourth-order valence-corrected chi connectivity index (χ4v) is 3.58. The summed E-state index contributed by atoms with van der Waals surface area (Å²) in [6.07, 6.45) is 0.681. The highest BCUT2D eigenvalue weighted by Crippen LogP contribution is 2.21. The van der Waals surface area contributed by atoms with E-state index < -0.39 is 0 Å². The summed E-state index contributed by atoms with van der Waals surface area (Å²) < 4.78 is 0. The third-order valence-electron chi connectivity index (χ3n) is 3.96. The van der Waals surface area contributed by atoms with E-state index in [1.54, 1.807) is 24.3 Å². The third kappa shape index (κ3) is 4.65. The van der Waals surface area contributed by atoms with Gasteiger partial charge in [0.25, 0.3) is 11.1 Å². The minimum absolute atomic E-state index is 0.183. The van der Waals surface area contributed by atoms with E-state index in [1.807, 2.05) is 24.3 Å². The Kier molecular flexibility index (Phi) is 5.96. The molecule has 1 fully saturated rings. The smallest absolute Gasteiger partial charge is 0.289 e. The minimum atomic E-state index is -0.244. The van der Waals surface area contributed by atoms with Crippen LogP contribution in [0, 0.1) is 0 Å². The van der Waals surface area contributed by atoms with Crippen molar-refractivity contribution in [3.05, 3.63) is 70.2 Å². The number of amides is 3. The molecule has 1 saturated heterocycles. The van der Waals surface area contributed by atoms with Crippen molar-refractivity contribution in [1.82, 2.24) is 10.2 Å². The fraction of sp³-hybridized carbons (Fsp3) is 0.211. The van der Waals surface area contributed by atoms with Crippen molar-refractivity contribution in [2.24, 2.45) is 0 Å². The Morgan fingerprint density at radius 2 is 1.88 bits per heavy atom. The lowest BCUT2D eigenvalue weighted by atomic mass is 10.1. The van der Waals surface area contributed by atoms with Crippen LogP contribution < -0.4 is 5.32 Å². The first-order chi connectivity index (χ1) is 12.5. The molecule has 3 amide bonds. The summed E-state index contributed by atoms with van der Waals surface area (Å²) in [5, 5.41) is 3.30. The maximum atomic E-state index is 12.3. The van der Waals surface area contributed by atoms with E-state index >= 15 is 0 Å². The van der Waals surface area contributed by atoms with Crippen LogP contribution in [0.5, 0.6) is 0 Å². The molecule has 0 bridgehead atoms. The SMILES string of the molecule is O=C(NCCc1cccc(Cl)c1)c1cccc(CN2C(=O)CSC2=O)c1. The molecule has 1 aliphatic rings. The molecule has 5 nitrogen and oxygen atoms in total. The molecule has 0 spiro atoms. The highest BCUT2D eigenvalue weighted by molar-refractivity contribution is 8.14. The van der Waals surface area contributed by atoms with Gasteiger partial charge in [0.05, 0.1) is 12.3 Å². The number of imide groups is 1. The highest BCUT2D eigenvalue weighted by atomic mass is 35.5. The molecule has 26 heavy (non-hydrogen) atoms. The second-order valence-corrected chi connectivity index (χ2v) is 7.23. The summed E-state index contributed by atoms with van der Waals surface area (Å²) in [6.45, 7) is 0.678. The van der Waals surface area contributed by atoms with Gasteiger partial charge in [-0.15, -0.1) is 0 Å². The molecule has 1 N–H and O–H groups in total. The van der Waals surface area contributed by atoms with E-state index in [1.165, 1.54) is 4.90 Å². The molecule has 7 heteroatoms. The normalized spacial score (nSPS) is 14.0. The quantitative estimate of drug-likeness (QED) is 0.822. The van der Waals surface area contributed by atoms with E-state index in [9.17, 15) is 14.4 Å². The van der Waals surface area contributed by atoms with Crippen LogP contribution in [-0.2, 0) is 17.8 Å². The highest BCUT2D eigenvalue weighted by Gasteiger charge is 2.29. The molecule has 0 atom stereocenters. The molecule has 0 aliphatic carbocycles. The average molecular weight is 389 g/mol. The molecule has 3 rings (SSSR count). The number of nitrogens with one attached hydrogen (secondary N) is 1. The average Bonchev–Trinajstić information content (AvgIpc) is 2.94. The molecule has 1 aliphatic heterocycles. The lowest BCUT2D eigenvalue weighted by Gasteiger charge is -2.13. The van der Waals surface area contributed by atoms with Gasteiger partial charge in [-0.05, 0) is 41.8 Å². The zero-order chi connectivity index (χ0) is 18.5. The molecule has 0 saturated carbocycles. The van der Waals surface area contributed by atoms with Crippen LogP contribution in [0.4, 0.5) is 4.79 Å². The standard InChI is InChI=1S/C19H17ClN2O3S/c20-16-6-2-3-13(10-16)7-8-21-18(24)15-5-1-4-14(9-15)11-22-17(23)12-26-19(22)25/h1-6,9-10H,7-8,11-12H2,(H,21,24). The topological polar surface area (TPSA) is 66.5 Å². The molecule has 2 aromatic carbocycles. The van der Waals surface area contributed by atoms with Crippen molar-refractivity contribution in [1.29, 1.82) is 0 Å². The molecular formula is C19H17ClN2O3S. The number of hydrogen-bond donors (Lipinski definition) is 1. The molecule has 1 heterocycles. The van der Waals surface area contributed by atoms with Gasteiger partial charge in [0.2, 0.25) is 5.91 Å². The van der Waals surface area contributed by atoms with E-state index in [0.717, 1.165) is 22.9 Å². The maximum absolute atomic E-state index is 12.3. The Hall–Kier alpha value is -2.31. The van der Waals surface area contributed by atoms with Gasteiger partial charge in [-0.2, -0.15) is 0 Å². The Labute approximate surface area is 160 Å². The van der Waals surface area contributed by atoms with Crippen LogP contribution in [0.3, 0.4) is 0 Å². The van der Waals surface area contributed by atoms with Crippen LogP contribution in [0.1, 0.15) is 21.5 Å². The number of benzene rings is 2. The van der Waals surface area contributed by atoms with Gasteiger partial charge in [-0.1, -0.05) is 47.6 Å². The van der Waals surface area contributed by atoms with Gasteiger partial charge < -0.3 is 5.32 Å². The summed E-state index contributed by atoms with van der Waals surface area (Å²) in [5.41, 5.74) is 2.30. The molecule has 0 radical (unpaired) electrons. The summed E-state index contributed by atoms with van der Waals surface area (Å²) in [7, 11) is 0. The van der Waals surface area contributed by atoms with Crippen molar-refractivity contribution in [3.8, 4) is 0 Å². The van der Waals surface area contributed by atoms with Crippen LogP contribution >= 0.6 is 23.4 Å². The monoisotopic (exact) mass is 388 g/mol. The second kappa shape index (κ2) is 8.38. The lowest BCUT2D eigenvalue weighted by molar-refractivity contribution is -0.125. The fourth-order valence-electron chi connectivity index (χ4n) is 2.64. The van der Waals surface area contributed by atoms with Crippen LogP contribution in [0.25, 0.3) is 0 Å². The van der Waals surface area contributed by atoms with Crippen molar-refractivity contribution in [2.45, 2.75) is 13.0 Å². The lowest BCUT2D eigenvalue weighted by Crippen LogP contribution is -2.28. The summed E-state index contributed by atoms with van der Waals surface area (Å²) in [4.78, 5) is 36.9. The zero-order valence-electron chi connectivity index (χ0n) is 13.9. The van der Waals surface area contributed by atoms with Crippen LogP contribution in [0.15, 0.2) is 48.5 Å². The first kappa shape index (κ1) is 18.5. The molecule has 2 aromatic rings. The van der Waals surface area contributed by atoms with Crippen molar-refractivity contribution in [2.75, 3.05) is 12.3 Å². The number of rotatable bonds is 6. The summed E-state index contributed by atoms with van der Waals surface area (Å²) in [6, 6.07) is 14.5. The van der Waals surface area contributed by atoms with E-state index in [0.29, 0.717) is 23.6 Å². The number of nitrogens with zero attached hydrogens (tertiary/aromatic N) is 1. The Morgan fingerprint density at radius 1 is 1.12 bits per heavy atom. The molecule has 0 aromatic heterocycles. The van der Waals surface area contributed by atoms with Gasteiger partial charge in [0.1, 0.15) is 0 Å². The molecule has 0 unspecified atom stereocenters.